The van der Waals surface area contributed by atoms with Crippen molar-refractivity contribution in [2.24, 2.45) is 5.92 Å². The lowest BCUT2D eigenvalue weighted by Crippen LogP contribution is -2.22. The van der Waals surface area contributed by atoms with Crippen LogP contribution in [0, 0.1) is 5.92 Å². The third kappa shape index (κ3) is 3.99. The van der Waals surface area contributed by atoms with Crippen molar-refractivity contribution < 1.29 is 4.79 Å². The molecule has 0 bridgehead atoms. The molecule has 3 nitrogen and oxygen atoms in total. The van der Waals surface area contributed by atoms with E-state index in [9.17, 15) is 4.79 Å². The maximum atomic E-state index is 12.4. The molecule has 0 fully saturated rings. The summed E-state index contributed by atoms with van der Waals surface area (Å²) in [4.78, 5) is 16.7. The molecule has 1 amide bonds. The first kappa shape index (κ1) is 16.2. The molecule has 0 unspecified atom stereocenters. The number of pyridine rings is 1. The van der Waals surface area contributed by atoms with Crippen LogP contribution in [-0.2, 0) is 13.0 Å². The minimum atomic E-state index is -0.0602. The molecule has 0 aliphatic heterocycles. The summed E-state index contributed by atoms with van der Waals surface area (Å²) < 4.78 is 0. The third-order valence-electron chi connectivity index (χ3n) is 3.95. The van der Waals surface area contributed by atoms with Crippen molar-refractivity contribution in [3.63, 3.8) is 0 Å². The molecular formula is C21H22N2O. The Hall–Kier alpha value is -2.68. The molecule has 24 heavy (non-hydrogen) atoms. The number of fused-ring (bicyclic) bond motifs is 1. The van der Waals surface area contributed by atoms with E-state index in [1.165, 1.54) is 5.56 Å². The van der Waals surface area contributed by atoms with E-state index >= 15 is 0 Å². The number of hydrogen-bond donors (Lipinski definition) is 1. The first-order valence-electron chi connectivity index (χ1n) is 8.32. The van der Waals surface area contributed by atoms with Gasteiger partial charge in [0.05, 0.1) is 5.52 Å². The summed E-state index contributed by atoms with van der Waals surface area (Å²) in [6.45, 7) is 4.96. The Kier molecular flexibility index (Phi) is 4.90. The van der Waals surface area contributed by atoms with Crippen LogP contribution in [0.15, 0.2) is 60.8 Å². The molecule has 1 aromatic heterocycles. The Morgan fingerprint density at radius 3 is 2.71 bits per heavy atom. The van der Waals surface area contributed by atoms with Crippen molar-refractivity contribution >= 4 is 16.8 Å². The highest BCUT2D eigenvalue weighted by Gasteiger charge is 2.07. The maximum Gasteiger partial charge on any atom is 0.251 e. The van der Waals surface area contributed by atoms with Gasteiger partial charge in [-0.3, -0.25) is 9.78 Å². The smallest absolute Gasteiger partial charge is 0.251 e. The minimum absolute atomic E-state index is 0.0602. The largest absolute Gasteiger partial charge is 0.348 e. The summed E-state index contributed by atoms with van der Waals surface area (Å²) in [6.07, 6.45) is 2.81. The SMILES string of the molecule is CC(C)Cc1cccc(CNC(=O)c2ccc3ncccc3c2)c1. The summed E-state index contributed by atoms with van der Waals surface area (Å²) in [5.74, 6) is 0.566. The number of aromatic nitrogens is 1. The van der Waals surface area contributed by atoms with Gasteiger partial charge in [0.1, 0.15) is 0 Å². The maximum absolute atomic E-state index is 12.4. The predicted octanol–water partition coefficient (Wildman–Crippen LogP) is 4.36. The quantitative estimate of drug-likeness (QED) is 0.759. The summed E-state index contributed by atoms with van der Waals surface area (Å²) in [6, 6.07) is 17.8. The average molecular weight is 318 g/mol. The van der Waals surface area contributed by atoms with Gasteiger partial charge in [0.2, 0.25) is 0 Å². The van der Waals surface area contributed by atoms with Gasteiger partial charge in [-0.2, -0.15) is 0 Å². The first-order valence-corrected chi connectivity index (χ1v) is 8.32. The average Bonchev–Trinajstić information content (AvgIpc) is 2.59. The van der Waals surface area contributed by atoms with Gasteiger partial charge in [0.25, 0.3) is 5.91 Å². The molecule has 0 saturated heterocycles. The molecule has 0 saturated carbocycles. The summed E-state index contributed by atoms with van der Waals surface area (Å²) in [7, 11) is 0. The van der Waals surface area contributed by atoms with Crippen LogP contribution in [0.5, 0.6) is 0 Å². The summed E-state index contributed by atoms with van der Waals surface area (Å²) >= 11 is 0. The lowest BCUT2D eigenvalue weighted by atomic mass is 10.0. The lowest BCUT2D eigenvalue weighted by molar-refractivity contribution is 0.0951. The molecule has 1 N–H and O–H groups in total. The normalized spacial score (nSPS) is 11.0. The van der Waals surface area contributed by atoms with E-state index in [-0.39, 0.29) is 5.91 Å². The molecule has 2 aromatic carbocycles. The fourth-order valence-electron chi connectivity index (χ4n) is 2.84. The van der Waals surface area contributed by atoms with Gasteiger partial charge < -0.3 is 5.32 Å². The number of nitrogens with one attached hydrogen (secondary N) is 1. The molecule has 3 aromatic rings. The number of amides is 1. The summed E-state index contributed by atoms with van der Waals surface area (Å²) in [5.41, 5.74) is 4.00. The number of benzene rings is 2. The third-order valence-corrected chi connectivity index (χ3v) is 3.95. The Labute approximate surface area is 142 Å². The standard InChI is InChI=1S/C21H22N2O/c1-15(2)11-16-5-3-6-17(12-16)14-23-21(24)19-8-9-20-18(13-19)7-4-10-22-20/h3-10,12-13,15H,11,14H2,1-2H3,(H,23,24). The monoisotopic (exact) mass is 318 g/mol. The zero-order chi connectivity index (χ0) is 16.9. The Morgan fingerprint density at radius 1 is 1.04 bits per heavy atom. The van der Waals surface area contributed by atoms with E-state index in [1.54, 1.807) is 6.20 Å². The topological polar surface area (TPSA) is 42.0 Å². The zero-order valence-electron chi connectivity index (χ0n) is 14.1. The van der Waals surface area contributed by atoms with Gasteiger partial charge in [-0.1, -0.05) is 44.2 Å². The van der Waals surface area contributed by atoms with E-state index < -0.39 is 0 Å². The van der Waals surface area contributed by atoms with Gasteiger partial charge in [0, 0.05) is 23.7 Å². The van der Waals surface area contributed by atoms with E-state index in [1.807, 2.05) is 30.3 Å². The number of hydrogen-bond acceptors (Lipinski definition) is 2. The van der Waals surface area contributed by atoms with E-state index in [0.29, 0.717) is 18.0 Å². The van der Waals surface area contributed by atoms with Crippen LogP contribution in [-0.4, -0.2) is 10.9 Å². The Bertz CT molecular complexity index is 855. The van der Waals surface area contributed by atoms with Crippen LogP contribution >= 0.6 is 0 Å². The molecule has 122 valence electrons. The highest BCUT2D eigenvalue weighted by Crippen LogP contribution is 2.14. The van der Waals surface area contributed by atoms with Gasteiger partial charge >= 0.3 is 0 Å². The van der Waals surface area contributed by atoms with Crippen molar-refractivity contribution in [1.29, 1.82) is 0 Å². The van der Waals surface area contributed by atoms with E-state index in [0.717, 1.165) is 22.9 Å². The molecule has 0 aliphatic rings. The second kappa shape index (κ2) is 7.26. The number of nitrogens with zero attached hydrogens (tertiary/aromatic N) is 1. The number of carbonyl (C=O) groups is 1. The number of carbonyl (C=O) groups excluding carboxylic acids is 1. The second-order valence-corrected chi connectivity index (χ2v) is 6.51. The first-order chi connectivity index (χ1) is 11.6. The van der Waals surface area contributed by atoms with Crippen molar-refractivity contribution in [2.45, 2.75) is 26.8 Å². The van der Waals surface area contributed by atoms with Crippen LogP contribution in [0.3, 0.4) is 0 Å². The van der Waals surface area contributed by atoms with Gasteiger partial charge in [-0.15, -0.1) is 0 Å². The lowest BCUT2D eigenvalue weighted by Gasteiger charge is -2.09. The molecule has 0 aliphatic carbocycles. The van der Waals surface area contributed by atoms with Crippen LogP contribution in [0.1, 0.15) is 35.3 Å². The van der Waals surface area contributed by atoms with Crippen LogP contribution < -0.4 is 5.32 Å². The van der Waals surface area contributed by atoms with Gasteiger partial charge in [0.15, 0.2) is 0 Å². The highest BCUT2D eigenvalue weighted by molar-refractivity contribution is 5.97. The highest BCUT2D eigenvalue weighted by atomic mass is 16.1. The minimum Gasteiger partial charge on any atom is -0.348 e. The van der Waals surface area contributed by atoms with Crippen molar-refractivity contribution in [2.75, 3.05) is 0 Å². The van der Waals surface area contributed by atoms with Crippen molar-refractivity contribution in [3.8, 4) is 0 Å². The fourth-order valence-corrected chi connectivity index (χ4v) is 2.84. The van der Waals surface area contributed by atoms with Crippen molar-refractivity contribution in [3.05, 3.63) is 77.5 Å². The van der Waals surface area contributed by atoms with Crippen LogP contribution in [0.25, 0.3) is 10.9 Å². The van der Waals surface area contributed by atoms with Gasteiger partial charge in [-0.05, 0) is 47.7 Å². The zero-order valence-corrected chi connectivity index (χ0v) is 14.1. The molecule has 0 atom stereocenters. The van der Waals surface area contributed by atoms with E-state index in [4.69, 9.17) is 0 Å². The molecular weight excluding hydrogens is 296 g/mol. The second-order valence-electron chi connectivity index (χ2n) is 6.51. The Morgan fingerprint density at radius 2 is 1.88 bits per heavy atom. The molecule has 3 heteroatoms. The van der Waals surface area contributed by atoms with E-state index in [2.05, 4.69) is 48.4 Å². The molecule has 3 rings (SSSR count). The molecule has 0 spiro atoms. The van der Waals surface area contributed by atoms with Crippen LogP contribution in [0.4, 0.5) is 0 Å². The van der Waals surface area contributed by atoms with Crippen molar-refractivity contribution in [1.82, 2.24) is 10.3 Å². The summed E-state index contributed by atoms with van der Waals surface area (Å²) in [5, 5.41) is 3.98. The van der Waals surface area contributed by atoms with Crippen LogP contribution in [0.2, 0.25) is 0 Å². The predicted molar refractivity (Wildman–Crippen MR) is 97.9 cm³/mol. The fraction of sp³-hybridized carbons (Fsp3) is 0.238. The number of rotatable bonds is 5. The molecule has 1 heterocycles. The van der Waals surface area contributed by atoms with Gasteiger partial charge in [-0.25, -0.2) is 0 Å². The molecule has 0 radical (unpaired) electrons. The Balaban J connectivity index is 1.68.